The van der Waals surface area contributed by atoms with Crippen molar-refractivity contribution in [1.29, 1.82) is 0 Å². The van der Waals surface area contributed by atoms with Gasteiger partial charge < -0.3 is 0 Å². The van der Waals surface area contributed by atoms with Gasteiger partial charge in [0.1, 0.15) is 5.78 Å². The third-order valence-corrected chi connectivity index (χ3v) is 6.18. The van der Waals surface area contributed by atoms with E-state index >= 15 is 0 Å². The SMILES string of the molecule is CC1=CC[C@@]2(CSc3ccccc3)C(=O)CCC[C@@H]2C1. The lowest BCUT2D eigenvalue weighted by Gasteiger charge is -2.45. The van der Waals surface area contributed by atoms with Gasteiger partial charge in [-0.1, -0.05) is 29.8 Å². The second-order valence-electron chi connectivity index (χ2n) is 6.23. The predicted octanol–water partition coefficient (Wildman–Crippen LogP) is 4.87. The van der Waals surface area contributed by atoms with Gasteiger partial charge in [0.05, 0.1) is 0 Å². The molecule has 0 amide bonds. The van der Waals surface area contributed by atoms with Crippen molar-refractivity contribution in [3.8, 4) is 0 Å². The molecule has 2 aliphatic rings. The molecular weight excluding hydrogens is 264 g/mol. The Morgan fingerprint density at radius 1 is 1.30 bits per heavy atom. The zero-order valence-electron chi connectivity index (χ0n) is 12.1. The van der Waals surface area contributed by atoms with E-state index in [2.05, 4.69) is 37.3 Å². The molecule has 1 aromatic rings. The average Bonchev–Trinajstić information content (AvgIpc) is 2.47. The Morgan fingerprint density at radius 3 is 2.90 bits per heavy atom. The number of benzene rings is 1. The van der Waals surface area contributed by atoms with Crippen LogP contribution in [0.15, 0.2) is 46.9 Å². The summed E-state index contributed by atoms with van der Waals surface area (Å²) in [6.07, 6.45) is 7.51. The lowest BCUT2D eigenvalue weighted by Crippen LogP contribution is -2.45. The largest absolute Gasteiger partial charge is 0.299 e. The van der Waals surface area contributed by atoms with E-state index in [-0.39, 0.29) is 5.41 Å². The highest BCUT2D eigenvalue weighted by molar-refractivity contribution is 7.99. The van der Waals surface area contributed by atoms with Crippen LogP contribution < -0.4 is 0 Å². The molecule has 1 aromatic carbocycles. The highest BCUT2D eigenvalue weighted by Gasteiger charge is 2.47. The van der Waals surface area contributed by atoms with Crippen molar-refractivity contribution in [2.75, 3.05) is 5.75 Å². The number of Topliss-reactive ketones (excluding diaryl/α,β-unsaturated/α-hetero) is 1. The fourth-order valence-electron chi connectivity index (χ4n) is 3.65. The number of carbonyl (C=O) groups excluding carboxylic acids is 1. The van der Waals surface area contributed by atoms with E-state index in [1.54, 1.807) is 0 Å². The molecule has 0 aliphatic heterocycles. The second-order valence-corrected chi connectivity index (χ2v) is 7.28. The van der Waals surface area contributed by atoms with E-state index in [9.17, 15) is 4.79 Å². The van der Waals surface area contributed by atoms with Gasteiger partial charge in [-0.3, -0.25) is 4.79 Å². The minimum atomic E-state index is -0.0851. The monoisotopic (exact) mass is 286 g/mol. The molecule has 1 fully saturated rings. The van der Waals surface area contributed by atoms with Crippen LogP contribution in [0.5, 0.6) is 0 Å². The van der Waals surface area contributed by atoms with Gasteiger partial charge in [0, 0.05) is 22.5 Å². The summed E-state index contributed by atoms with van der Waals surface area (Å²) in [6.45, 7) is 2.22. The number of carbonyl (C=O) groups is 1. The van der Waals surface area contributed by atoms with Gasteiger partial charge in [0.25, 0.3) is 0 Å². The lowest BCUT2D eigenvalue weighted by atomic mass is 9.60. The summed E-state index contributed by atoms with van der Waals surface area (Å²) in [7, 11) is 0. The first-order valence-corrected chi connectivity index (χ1v) is 8.56. The molecule has 0 heterocycles. The zero-order chi connectivity index (χ0) is 14.0. The molecule has 0 bridgehead atoms. The molecule has 106 valence electrons. The maximum Gasteiger partial charge on any atom is 0.140 e. The summed E-state index contributed by atoms with van der Waals surface area (Å²) in [5.41, 5.74) is 1.39. The molecule has 2 atom stereocenters. The van der Waals surface area contributed by atoms with Gasteiger partial charge >= 0.3 is 0 Å². The van der Waals surface area contributed by atoms with Crippen LogP contribution >= 0.6 is 11.8 Å². The first-order chi connectivity index (χ1) is 9.71. The topological polar surface area (TPSA) is 17.1 Å². The maximum absolute atomic E-state index is 12.6. The van der Waals surface area contributed by atoms with Crippen LogP contribution in [0.25, 0.3) is 0 Å². The molecule has 0 N–H and O–H groups in total. The molecule has 20 heavy (non-hydrogen) atoms. The summed E-state index contributed by atoms with van der Waals surface area (Å²) >= 11 is 1.86. The Kier molecular flexibility index (Phi) is 4.02. The molecule has 0 radical (unpaired) electrons. The van der Waals surface area contributed by atoms with Crippen molar-refractivity contribution in [3.63, 3.8) is 0 Å². The van der Waals surface area contributed by atoms with Crippen LogP contribution in [0.1, 0.15) is 39.0 Å². The van der Waals surface area contributed by atoms with Crippen LogP contribution in [0.4, 0.5) is 0 Å². The van der Waals surface area contributed by atoms with Crippen molar-refractivity contribution in [1.82, 2.24) is 0 Å². The number of fused-ring (bicyclic) bond motifs is 1. The average molecular weight is 286 g/mol. The number of hydrogen-bond acceptors (Lipinski definition) is 2. The molecule has 0 unspecified atom stereocenters. The maximum atomic E-state index is 12.6. The standard InChI is InChI=1S/C18H22OS/c1-14-10-11-18(13-20-16-7-3-2-4-8-16)15(12-14)6-5-9-17(18)19/h2-4,7-8,10,15H,5-6,9,11-13H2,1H3/t15-,18+/m1/s1. The van der Waals surface area contributed by atoms with E-state index in [4.69, 9.17) is 0 Å². The summed E-state index contributed by atoms with van der Waals surface area (Å²) in [5, 5.41) is 0. The van der Waals surface area contributed by atoms with Crippen LogP contribution in [0.2, 0.25) is 0 Å². The van der Waals surface area contributed by atoms with E-state index in [0.29, 0.717) is 11.7 Å². The molecule has 2 aliphatic carbocycles. The van der Waals surface area contributed by atoms with Crippen LogP contribution in [0.3, 0.4) is 0 Å². The molecule has 2 heteroatoms. The van der Waals surface area contributed by atoms with Crippen LogP contribution in [0, 0.1) is 11.3 Å². The zero-order valence-corrected chi connectivity index (χ0v) is 12.9. The summed E-state index contributed by atoms with van der Waals surface area (Å²) in [5.74, 6) is 2.04. The molecule has 0 saturated heterocycles. The molecule has 3 rings (SSSR count). The summed E-state index contributed by atoms with van der Waals surface area (Å²) in [4.78, 5) is 13.9. The molecular formula is C18H22OS. The number of hydrogen-bond donors (Lipinski definition) is 0. The number of rotatable bonds is 3. The Morgan fingerprint density at radius 2 is 2.10 bits per heavy atom. The van der Waals surface area contributed by atoms with Gasteiger partial charge in [0.2, 0.25) is 0 Å². The third kappa shape index (κ3) is 2.58. The lowest BCUT2D eigenvalue weighted by molar-refractivity contribution is -0.133. The Hall–Kier alpha value is -1.02. The summed E-state index contributed by atoms with van der Waals surface area (Å²) in [6, 6.07) is 10.5. The first-order valence-electron chi connectivity index (χ1n) is 7.57. The van der Waals surface area contributed by atoms with Crippen molar-refractivity contribution in [3.05, 3.63) is 42.0 Å². The number of thioether (sulfide) groups is 1. The van der Waals surface area contributed by atoms with E-state index in [0.717, 1.165) is 31.4 Å². The number of ketones is 1. The minimum absolute atomic E-state index is 0.0851. The quantitative estimate of drug-likeness (QED) is 0.582. The van der Waals surface area contributed by atoms with Gasteiger partial charge in [-0.2, -0.15) is 0 Å². The van der Waals surface area contributed by atoms with Gasteiger partial charge in [-0.05, 0) is 50.7 Å². The third-order valence-electron chi connectivity index (χ3n) is 4.92. The van der Waals surface area contributed by atoms with Crippen LogP contribution in [-0.2, 0) is 4.79 Å². The molecule has 0 aromatic heterocycles. The molecule has 0 spiro atoms. The minimum Gasteiger partial charge on any atom is -0.299 e. The smallest absolute Gasteiger partial charge is 0.140 e. The van der Waals surface area contributed by atoms with Gasteiger partial charge in [-0.15, -0.1) is 11.8 Å². The highest BCUT2D eigenvalue weighted by atomic mass is 32.2. The fourth-order valence-corrected chi connectivity index (χ4v) is 4.94. The van der Waals surface area contributed by atoms with Crippen molar-refractivity contribution >= 4 is 17.5 Å². The number of allylic oxidation sites excluding steroid dienone is 2. The first kappa shape index (κ1) is 13.9. The van der Waals surface area contributed by atoms with E-state index < -0.39 is 0 Å². The highest BCUT2D eigenvalue weighted by Crippen LogP contribution is 2.50. The Balaban J connectivity index is 1.81. The van der Waals surface area contributed by atoms with E-state index in [1.165, 1.54) is 16.9 Å². The fraction of sp³-hybridized carbons (Fsp3) is 0.500. The van der Waals surface area contributed by atoms with Crippen molar-refractivity contribution in [2.45, 2.75) is 43.9 Å². The Bertz CT molecular complexity index is 519. The predicted molar refractivity (Wildman–Crippen MR) is 84.9 cm³/mol. The van der Waals surface area contributed by atoms with Gasteiger partial charge in [0.15, 0.2) is 0 Å². The Labute approximate surface area is 125 Å². The van der Waals surface area contributed by atoms with Crippen molar-refractivity contribution < 1.29 is 4.79 Å². The second kappa shape index (κ2) is 5.77. The molecule has 1 nitrogen and oxygen atoms in total. The van der Waals surface area contributed by atoms with E-state index in [1.807, 2.05) is 17.8 Å². The van der Waals surface area contributed by atoms with Crippen LogP contribution in [-0.4, -0.2) is 11.5 Å². The summed E-state index contributed by atoms with van der Waals surface area (Å²) < 4.78 is 0. The van der Waals surface area contributed by atoms with Gasteiger partial charge in [-0.25, -0.2) is 0 Å². The normalized spacial score (nSPS) is 29.8. The molecule has 1 saturated carbocycles. The van der Waals surface area contributed by atoms with Crippen molar-refractivity contribution in [2.24, 2.45) is 11.3 Å².